The van der Waals surface area contributed by atoms with Gasteiger partial charge in [0.05, 0.1) is 5.25 Å². The molecule has 1 nitrogen and oxygen atoms in total. The number of carbonyl (C=O) groups excluding carboxylic acids is 1. The van der Waals surface area contributed by atoms with Gasteiger partial charge in [-0.05, 0) is 6.42 Å². The van der Waals surface area contributed by atoms with Crippen molar-refractivity contribution in [2.75, 3.05) is 0 Å². The molecule has 0 aromatic heterocycles. The van der Waals surface area contributed by atoms with Crippen molar-refractivity contribution in [1.29, 1.82) is 0 Å². The summed E-state index contributed by atoms with van der Waals surface area (Å²) in [6.07, 6.45) is 19.8. The molecule has 0 fully saturated rings. The minimum absolute atomic E-state index is 0.0345. The van der Waals surface area contributed by atoms with Crippen molar-refractivity contribution in [3.63, 3.8) is 0 Å². The first-order chi connectivity index (χ1) is 9.31. The van der Waals surface area contributed by atoms with Crippen LogP contribution in [0.3, 0.4) is 0 Å². The molecule has 0 spiro atoms. The number of rotatable bonds is 15. The molecular formula is C17H34OS. The molecule has 1 unspecified atom stereocenters. The number of hydrogen-bond donors (Lipinski definition) is 1. The first-order valence-electron chi connectivity index (χ1n) is 8.44. The van der Waals surface area contributed by atoms with Crippen molar-refractivity contribution in [2.45, 2.75) is 102 Å². The highest BCUT2D eigenvalue weighted by atomic mass is 32.1. The van der Waals surface area contributed by atoms with Gasteiger partial charge in [-0.2, -0.15) is 12.6 Å². The Morgan fingerprint density at radius 2 is 1.11 bits per heavy atom. The van der Waals surface area contributed by atoms with E-state index in [4.69, 9.17) is 0 Å². The number of hydrogen-bond acceptors (Lipinski definition) is 2. The molecular weight excluding hydrogens is 252 g/mol. The summed E-state index contributed by atoms with van der Waals surface area (Å²) in [5, 5.41) is -0.0345. The maximum atomic E-state index is 10.4. The van der Waals surface area contributed by atoms with Gasteiger partial charge in [-0.15, -0.1) is 0 Å². The highest BCUT2D eigenvalue weighted by Crippen LogP contribution is 2.13. The van der Waals surface area contributed by atoms with Crippen LogP contribution in [0.2, 0.25) is 0 Å². The average Bonchev–Trinajstić information content (AvgIpc) is 2.43. The fraction of sp³-hybridized carbons (Fsp3) is 0.941. The van der Waals surface area contributed by atoms with E-state index in [0.29, 0.717) is 0 Å². The van der Waals surface area contributed by atoms with E-state index in [0.717, 1.165) is 19.1 Å². The van der Waals surface area contributed by atoms with Crippen molar-refractivity contribution in [1.82, 2.24) is 0 Å². The molecule has 0 radical (unpaired) electrons. The van der Waals surface area contributed by atoms with Gasteiger partial charge in [-0.3, -0.25) is 0 Å². The fourth-order valence-corrected chi connectivity index (χ4v) is 2.62. The Bertz CT molecular complexity index is 182. The molecule has 0 aliphatic heterocycles. The Balaban J connectivity index is 2.97. The molecule has 1 atom stereocenters. The molecule has 0 N–H and O–H groups in total. The second-order valence-corrected chi connectivity index (χ2v) is 6.40. The van der Waals surface area contributed by atoms with Gasteiger partial charge in [0.15, 0.2) is 0 Å². The second kappa shape index (κ2) is 16.1. The summed E-state index contributed by atoms with van der Waals surface area (Å²) in [6.45, 7) is 2.27. The second-order valence-electron chi connectivity index (χ2n) is 5.73. The molecule has 19 heavy (non-hydrogen) atoms. The predicted molar refractivity (Wildman–Crippen MR) is 89.2 cm³/mol. The van der Waals surface area contributed by atoms with Crippen LogP contribution < -0.4 is 0 Å². The van der Waals surface area contributed by atoms with Gasteiger partial charge in [0.1, 0.15) is 6.29 Å². The molecule has 0 saturated carbocycles. The van der Waals surface area contributed by atoms with Gasteiger partial charge in [-0.1, -0.05) is 90.4 Å². The molecule has 0 aromatic rings. The summed E-state index contributed by atoms with van der Waals surface area (Å²) in [5.41, 5.74) is 0. The third kappa shape index (κ3) is 16.0. The Labute approximate surface area is 126 Å². The van der Waals surface area contributed by atoms with Crippen LogP contribution in [0.5, 0.6) is 0 Å². The number of unbranched alkanes of at least 4 members (excludes halogenated alkanes) is 12. The van der Waals surface area contributed by atoms with E-state index in [1.165, 1.54) is 77.0 Å². The van der Waals surface area contributed by atoms with Crippen LogP contribution in [0.1, 0.15) is 96.8 Å². The zero-order chi connectivity index (χ0) is 14.2. The fourth-order valence-electron chi connectivity index (χ4n) is 2.44. The van der Waals surface area contributed by atoms with Crippen LogP contribution in [0.4, 0.5) is 0 Å². The molecule has 2 heteroatoms. The van der Waals surface area contributed by atoms with Crippen LogP contribution in [-0.4, -0.2) is 11.5 Å². The molecule has 0 aromatic carbocycles. The van der Waals surface area contributed by atoms with Gasteiger partial charge in [-0.25, -0.2) is 0 Å². The topological polar surface area (TPSA) is 17.1 Å². The van der Waals surface area contributed by atoms with Crippen LogP contribution in [-0.2, 0) is 4.79 Å². The molecule has 0 aliphatic rings. The van der Waals surface area contributed by atoms with E-state index in [2.05, 4.69) is 19.6 Å². The highest BCUT2D eigenvalue weighted by molar-refractivity contribution is 7.81. The summed E-state index contributed by atoms with van der Waals surface area (Å²) in [5.74, 6) is 0. The summed E-state index contributed by atoms with van der Waals surface area (Å²) in [7, 11) is 0. The molecule has 0 amide bonds. The summed E-state index contributed by atoms with van der Waals surface area (Å²) in [4.78, 5) is 10.4. The summed E-state index contributed by atoms with van der Waals surface area (Å²) >= 11 is 4.17. The minimum Gasteiger partial charge on any atom is -0.302 e. The van der Waals surface area contributed by atoms with Gasteiger partial charge >= 0.3 is 0 Å². The van der Waals surface area contributed by atoms with Crippen LogP contribution >= 0.6 is 12.6 Å². The first kappa shape index (κ1) is 19.0. The zero-order valence-electron chi connectivity index (χ0n) is 12.9. The maximum absolute atomic E-state index is 10.4. The largest absolute Gasteiger partial charge is 0.302 e. The van der Waals surface area contributed by atoms with Crippen molar-refractivity contribution >= 4 is 18.9 Å². The van der Waals surface area contributed by atoms with Gasteiger partial charge in [0, 0.05) is 0 Å². The normalized spacial score (nSPS) is 12.5. The van der Waals surface area contributed by atoms with Crippen molar-refractivity contribution in [3.8, 4) is 0 Å². The Morgan fingerprint density at radius 3 is 1.47 bits per heavy atom. The van der Waals surface area contributed by atoms with Gasteiger partial charge in [0.2, 0.25) is 0 Å². The lowest BCUT2D eigenvalue weighted by atomic mass is 10.0. The lowest BCUT2D eigenvalue weighted by Gasteiger charge is -2.04. The molecule has 0 rings (SSSR count). The van der Waals surface area contributed by atoms with Crippen molar-refractivity contribution < 1.29 is 4.79 Å². The Kier molecular flexibility index (Phi) is 16.1. The molecule has 0 heterocycles. The molecule has 0 bridgehead atoms. The maximum Gasteiger partial charge on any atom is 0.132 e. The quantitative estimate of drug-likeness (QED) is 0.223. The Morgan fingerprint density at radius 1 is 0.737 bits per heavy atom. The third-order valence-corrected chi connectivity index (χ3v) is 4.14. The standard InChI is InChI=1S/C17H34OS/c1-2-3-4-5-6-7-8-9-10-11-12-13-14-15-17(19)16-18/h16-17,19H,2-15H2,1H3. The van der Waals surface area contributed by atoms with E-state index >= 15 is 0 Å². The lowest BCUT2D eigenvalue weighted by Crippen LogP contribution is -1.98. The van der Waals surface area contributed by atoms with E-state index in [9.17, 15) is 4.79 Å². The highest BCUT2D eigenvalue weighted by Gasteiger charge is 1.99. The van der Waals surface area contributed by atoms with Crippen LogP contribution in [0.15, 0.2) is 0 Å². The molecule has 114 valence electrons. The number of aldehydes is 1. The van der Waals surface area contributed by atoms with E-state index in [-0.39, 0.29) is 5.25 Å². The van der Waals surface area contributed by atoms with Crippen LogP contribution in [0.25, 0.3) is 0 Å². The number of thiol groups is 1. The van der Waals surface area contributed by atoms with Gasteiger partial charge < -0.3 is 4.79 Å². The van der Waals surface area contributed by atoms with Gasteiger partial charge in [0.25, 0.3) is 0 Å². The smallest absolute Gasteiger partial charge is 0.132 e. The van der Waals surface area contributed by atoms with Crippen molar-refractivity contribution in [3.05, 3.63) is 0 Å². The van der Waals surface area contributed by atoms with Crippen molar-refractivity contribution in [2.24, 2.45) is 0 Å². The minimum atomic E-state index is -0.0345. The predicted octanol–water partition coefficient (Wildman–Crippen LogP) is 5.97. The van der Waals surface area contributed by atoms with E-state index in [1.54, 1.807) is 0 Å². The average molecular weight is 287 g/mol. The first-order valence-corrected chi connectivity index (χ1v) is 8.96. The Hall–Kier alpha value is 0.0200. The van der Waals surface area contributed by atoms with Crippen LogP contribution in [0, 0.1) is 0 Å². The molecule has 0 saturated heterocycles. The lowest BCUT2D eigenvalue weighted by molar-refractivity contribution is -0.107. The summed E-state index contributed by atoms with van der Waals surface area (Å²) in [6, 6.07) is 0. The molecule has 0 aliphatic carbocycles. The van der Waals surface area contributed by atoms with E-state index < -0.39 is 0 Å². The third-order valence-electron chi connectivity index (χ3n) is 3.76. The monoisotopic (exact) mass is 286 g/mol. The zero-order valence-corrected chi connectivity index (χ0v) is 13.8. The SMILES string of the molecule is CCCCCCCCCCCCCCCC(S)C=O. The summed E-state index contributed by atoms with van der Waals surface area (Å²) < 4.78 is 0. The number of carbonyl (C=O) groups is 1. The van der Waals surface area contributed by atoms with E-state index in [1.807, 2.05) is 0 Å².